The average molecular weight is 274 g/mol. The molecular formula is C11H22N4O2S. The number of hydrogen-bond acceptors (Lipinski definition) is 7. The first-order valence-electron chi connectivity index (χ1n) is 6.18. The van der Waals surface area contributed by atoms with Gasteiger partial charge in [-0.2, -0.15) is 0 Å². The minimum atomic E-state index is 0.142. The number of aliphatic hydroxyl groups excluding tert-OH is 1. The van der Waals surface area contributed by atoms with Crippen LogP contribution in [-0.4, -0.2) is 60.2 Å². The monoisotopic (exact) mass is 274 g/mol. The van der Waals surface area contributed by atoms with E-state index in [1.165, 1.54) is 0 Å². The lowest BCUT2D eigenvalue weighted by Gasteiger charge is -2.18. The molecule has 0 saturated carbocycles. The summed E-state index contributed by atoms with van der Waals surface area (Å²) in [4.78, 5) is 2.10. The van der Waals surface area contributed by atoms with Crippen LogP contribution in [-0.2, 0) is 11.3 Å². The zero-order valence-corrected chi connectivity index (χ0v) is 11.9. The number of hydrogen-bond donors (Lipinski definition) is 2. The van der Waals surface area contributed by atoms with Crippen molar-refractivity contribution in [1.82, 2.24) is 15.1 Å². The Hall–Kier alpha value is -0.760. The second kappa shape index (κ2) is 9.21. The molecule has 0 amide bonds. The predicted molar refractivity (Wildman–Crippen MR) is 72.9 cm³/mol. The van der Waals surface area contributed by atoms with Crippen molar-refractivity contribution in [2.45, 2.75) is 19.9 Å². The van der Waals surface area contributed by atoms with Crippen LogP contribution in [0.3, 0.4) is 0 Å². The van der Waals surface area contributed by atoms with E-state index >= 15 is 0 Å². The van der Waals surface area contributed by atoms with E-state index in [4.69, 9.17) is 9.84 Å². The van der Waals surface area contributed by atoms with Crippen molar-refractivity contribution in [1.29, 1.82) is 0 Å². The van der Waals surface area contributed by atoms with Gasteiger partial charge >= 0.3 is 0 Å². The summed E-state index contributed by atoms with van der Waals surface area (Å²) in [5.74, 6) is 0. The van der Waals surface area contributed by atoms with Crippen molar-refractivity contribution in [2.24, 2.45) is 0 Å². The van der Waals surface area contributed by atoms with Gasteiger partial charge in [0.15, 0.2) is 0 Å². The summed E-state index contributed by atoms with van der Waals surface area (Å²) in [6, 6.07) is 0. The number of anilines is 1. The molecule has 7 heteroatoms. The Morgan fingerprint density at radius 1 is 1.39 bits per heavy atom. The second-order valence-corrected chi connectivity index (χ2v) is 4.98. The van der Waals surface area contributed by atoms with Crippen LogP contribution < -0.4 is 5.32 Å². The molecule has 2 N–H and O–H groups in total. The Morgan fingerprint density at radius 3 is 2.89 bits per heavy atom. The lowest BCUT2D eigenvalue weighted by Crippen LogP contribution is -2.29. The van der Waals surface area contributed by atoms with Gasteiger partial charge in [-0.3, -0.25) is 4.90 Å². The van der Waals surface area contributed by atoms with E-state index in [1.54, 1.807) is 18.4 Å². The molecule has 1 aromatic rings. The maximum absolute atomic E-state index is 9.01. The van der Waals surface area contributed by atoms with Gasteiger partial charge in [-0.1, -0.05) is 18.3 Å². The lowest BCUT2D eigenvalue weighted by atomic mass is 10.4. The summed E-state index contributed by atoms with van der Waals surface area (Å²) in [6.45, 7) is 5.94. The lowest BCUT2D eigenvalue weighted by molar-refractivity contribution is 0.126. The van der Waals surface area contributed by atoms with E-state index in [-0.39, 0.29) is 6.61 Å². The molecule has 0 aromatic carbocycles. The summed E-state index contributed by atoms with van der Waals surface area (Å²) >= 11 is 1.56. The number of aliphatic hydroxyl groups is 1. The fraction of sp³-hybridized carbons (Fsp3) is 0.818. The summed E-state index contributed by atoms with van der Waals surface area (Å²) in [5.41, 5.74) is 0. The Bertz CT molecular complexity index is 322. The van der Waals surface area contributed by atoms with Crippen LogP contribution in [0.4, 0.5) is 5.13 Å². The second-order valence-electron chi connectivity index (χ2n) is 3.92. The van der Waals surface area contributed by atoms with Crippen LogP contribution in [0.5, 0.6) is 0 Å². The fourth-order valence-corrected chi connectivity index (χ4v) is 2.25. The van der Waals surface area contributed by atoms with Crippen LogP contribution in [0.25, 0.3) is 0 Å². The molecule has 0 bridgehead atoms. The number of rotatable bonds is 10. The van der Waals surface area contributed by atoms with E-state index in [1.807, 2.05) is 0 Å². The summed E-state index contributed by atoms with van der Waals surface area (Å²) < 4.78 is 5.05. The van der Waals surface area contributed by atoms with Crippen LogP contribution >= 0.6 is 11.3 Å². The van der Waals surface area contributed by atoms with Gasteiger partial charge in [0.25, 0.3) is 0 Å². The molecule has 0 unspecified atom stereocenters. The molecule has 0 aliphatic rings. The van der Waals surface area contributed by atoms with Gasteiger partial charge in [-0.15, -0.1) is 10.2 Å². The van der Waals surface area contributed by atoms with Gasteiger partial charge in [0.1, 0.15) is 5.01 Å². The molecule has 18 heavy (non-hydrogen) atoms. The highest BCUT2D eigenvalue weighted by Gasteiger charge is 2.09. The molecule has 0 fully saturated rings. The van der Waals surface area contributed by atoms with Crippen molar-refractivity contribution >= 4 is 16.5 Å². The first-order valence-corrected chi connectivity index (χ1v) is 7.00. The zero-order chi connectivity index (χ0) is 13.2. The molecule has 0 saturated heterocycles. The van der Waals surface area contributed by atoms with Crippen LogP contribution in [0, 0.1) is 0 Å². The minimum absolute atomic E-state index is 0.142. The topological polar surface area (TPSA) is 70.5 Å². The largest absolute Gasteiger partial charge is 0.395 e. The van der Waals surface area contributed by atoms with Gasteiger partial charge in [0, 0.05) is 26.7 Å². The molecular weight excluding hydrogens is 252 g/mol. The Kier molecular flexibility index (Phi) is 7.83. The van der Waals surface area contributed by atoms with Crippen LogP contribution in [0.1, 0.15) is 18.4 Å². The Balaban J connectivity index is 2.43. The summed E-state index contributed by atoms with van der Waals surface area (Å²) in [6.07, 6.45) is 1.07. The molecule has 0 aliphatic heterocycles. The smallest absolute Gasteiger partial charge is 0.205 e. The molecule has 6 nitrogen and oxygen atoms in total. The highest BCUT2D eigenvalue weighted by molar-refractivity contribution is 7.15. The van der Waals surface area contributed by atoms with E-state index in [0.717, 1.165) is 29.6 Å². The maximum atomic E-state index is 9.01. The number of ether oxygens (including phenoxy) is 1. The van der Waals surface area contributed by atoms with Crippen LogP contribution in [0.15, 0.2) is 0 Å². The Morgan fingerprint density at radius 2 is 2.22 bits per heavy atom. The quantitative estimate of drug-likeness (QED) is 0.658. The first-order chi connectivity index (χ1) is 8.80. The number of methoxy groups -OCH3 is 1. The van der Waals surface area contributed by atoms with Crippen LogP contribution in [0.2, 0.25) is 0 Å². The number of nitrogens with zero attached hydrogens (tertiary/aromatic N) is 3. The molecule has 104 valence electrons. The van der Waals surface area contributed by atoms with Crippen molar-refractivity contribution in [3.63, 3.8) is 0 Å². The highest BCUT2D eigenvalue weighted by atomic mass is 32.1. The molecule has 0 spiro atoms. The van der Waals surface area contributed by atoms with Gasteiger partial charge in [-0.05, 0) is 6.42 Å². The SMILES string of the molecule is CCCNc1nnc(CN(CCO)CCOC)s1. The van der Waals surface area contributed by atoms with Crippen molar-refractivity contribution < 1.29 is 9.84 Å². The van der Waals surface area contributed by atoms with E-state index in [0.29, 0.717) is 19.7 Å². The maximum Gasteiger partial charge on any atom is 0.205 e. The third-order valence-electron chi connectivity index (χ3n) is 2.38. The normalized spacial score (nSPS) is 11.1. The Labute approximate surface area is 112 Å². The van der Waals surface area contributed by atoms with E-state index in [2.05, 4.69) is 27.3 Å². The zero-order valence-electron chi connectivity index (χ0n) is 11.1. The minimum Gasteiger partial charge on any atom is -0.395 e. The van der Waals surface area contributed by atoms with Crippen molar-refractivity contribution in [3.8, 4) is 0 Å². The van der Waals surface area contributed by atoms with Gasteiger partial charge in [0.2, 0.25) is 5.13 Å². The van der Waals surface area contributed by atoms with E-state index in [9.17, 15) is 0 Å². The summed E-state index contributed by atoms with van der Waals surface area (Å²) in [5, 5.41) is 22.3. The molecule has 0 radical (unpaired) electrons. The first kappa shape index (κ1) is 15.3. The molecule has 1 heterocycles. The third kappa shape index (κ3) is 5.72. The van der Waals surface area contributed by atoms with E-state index < -0.39 is 0 Å². The van der Waals surface area contributed by atoms with Gasteiger partial charge < -0.3 is 15.2 Å². The van der Waals surface area contributed by atoms with Gasteiger partial charge in [0.05, 0.1) is 19.8 Å². The third-order valence-corrected chi connectivity index (χ3v) is 3.25. The highest BCUT2D eigenvalue weighted by Crippen LogP contribution is 2.16. The number of nitrogens with one attached hydrogen (secondary N) is 1. The predicted octanol–water partition coefficient (Wildman–Crippen LogP) is 0.801. The molecule has 0 atom stereocenters. The van der Waals surface area contributed by atoms with Gasteiger partial charge in [-0.25, -0.2) is 0 Å². The number of aromatic nitrogens is 2. The molecule has 0 aliphatic carbocycles. The standard InChI is InChI=1S/C11H22N4O2S/c1-3-4-12-11-14-13-10(18-11)9-15(5-7-16)6-8-17-2/h16H,3-9H2,1-2H3,(H,12,14). The molecule has 1 aromatic heterocycles. The van der Waals surface area contributed by atoms with Crippen molar-refractivity contribution in [3.05, 3.63) is 5.01 Å². The fourth-order valence-electron chi connectivity index (χ4n) is 1.44. The molecule has 1 rings (SSSR count). The average Bonchev–Trinajstić information content (AvgIpc) is 2.81. The van der Waals surface area contributed by atoms with Crippen molar-refractivity contribution in [2.75, 3.05) is 45.3 Å². The summed E-state index contributed by atoms with van der Waals surface area (Å²) in [7, 11) is 1.68.